The van der Waals surface area contributed by atoms with Crippen LogP contribution in [0.5, 0.6) is 0 Å². The SMILES string of the molecule is CCOC(=O)c1cccc(Nc2ncnc(NCC3CCCO3)c2N)c1. The van der Waals surface area contributed by atoms with Gasteiger partial charge in [0.15, 0.2) is 11.6 Å². The van der Waals surface area contributed by atoms with Crippen LogP contribution in [-0.2, 0) is 9.47 Å². The fourth-order valence-electron chi connectivity index (χ4n) is 2.73. The molecule has 0 amide bonds. The summed E-state index contributed by atoms with van der Waals surface area (Å²) in [5.41, 5.74) is 7.73. The van der Waals surface area contributed by atoms with Gasteiger partial charge in [-0.15, -0.1) is 0 Å². The van der Waals surface area contributed by atoms with Crippen LogP contribution in [0.3, 0.4) is 0 Å². The van der Waals surface area contributed by atoms with E-state index in [0.717, 1.165) is 19.4 Å². The van der Waals surface area contributed by atoms with E-state index < -0.39 is 0 Å². The maximum Gasteiger partial charge on any atom is 0.338 e. The Morgan fingerprint density at radius 2 is 2.23 bits per heavy atom. The topological polar surface area (TPSA) is 111 Å². The van der Waals surface area contributed by atoms with Crippen molar-refractivity contribution in [1.82, 2.24) is 9.97 Å². The number of aromatic nitrogens is 2. The van der Waals surface area contributed by atoms with Crippen molar-refractivity contribution in [3.05, 3.63) is 36.2 Å². The second kappa shape index (κ2) is 8.48. The van der Waals surface area contributed by atoms with Crippen LogP contribution in [0, 0.1) is 0 Å². The van der Waals surface area contributed by atoms with E-state index in [4.69, 9.17) is 15.2 Å². The molecule has 0 saturated carbocycles. The summed E-state index contributed by atoms with van der Waals surface area (Å²) >= 11 is 0. The average molecular weight is 357 g/mol. The summed E-state index contributed by atoms with van der Waals surface area (Å²) in [5, 5.41) is 6.33. The molecule has 1 aromatic carbocycles. The van der Waals surface area contributed by atoms with Gasteiger partial charge in [0, 0.05) is 18.8 Å². The quantitative estimate of drug-likeness (QED) is 0.648. The van der Waals surface area contributed by atoms with Gasteiger partial charge < -0.3 is 25.8 Å². The lowest BCUT2D eigenvalue weighted by atomic mass is 10.2. The lowest BCUT2D eigenvalue weighted by Gasteiger charge is -2.15. The maximum atomic E-state index is 11.9. The second-order valence-electron chi connectivity index (χ2n) is 5.93. The van der Waals surface area contributed by atoms with Crippen molar-refractivity contribution < 1.29 is 14.3 Å². The number of ether oxygens (including phenoxy) is 2. The molecule has 1 fully saturated rings. The Hall–Kier alpha value is -2.87. The van der Waals surface area contributed by atoms with Crippen molar-refractivity contribution in [3.63, 3.8) is 0 Å². The molecule has 138 valence electrons. The van der Waals surface area contributed by atoms with Gasteiger partial charge in [-0.25, -0.2) is 14.8 Å². The highest BCUT2D eigenvalue weighted by molar-refractivity contribution is 5.91. The van der Waals surface area contributed by atoms with E-state index in [1.54, 1.807) is 25.1 Å². The average Bonchev–Trinajstić information content (AvgIpc) is 3.16. The molecule has 1 atom stereocenters. The minimum absolute atomic E-state index is 0.182. The van der Waals surface area contributed by atoms with Crippen molar-refractivity contribution in [3.8, 4) is 0 Å². The number of carbonyl (C=O) groups is 1. The molecule has 4 N–H and O–H groups in total. The number of nitrogens with one attached hydrogen (secondary N) is 2. The van der Waals surface area contributed by atoms with Gasteiger partial charge in [0.05, 0.1) is 18.3 Å². The molecule has 1 saturated heterocycles. The molecule has 8 nitrogen and oxygen atoms in total. The van der Waals surface area contributed by atoms with Crippen LogP contribution in [-0.4, -0.2) is 41.8 Å². The third-order valence-electron chi connectivity index (χ3n) is 4.04. The molecule has 2 heterocycles. The minimum Gasteiger partial charge on any atom is -0.462 e. The molecule has 8 heteroatoms. The van der Waals surface area contributed by atoms with Gasteiger partial charge in [-0.3, -0.25) is 0 Å². The van der Waals surface area contributed by atoms with Crippen LogP contribution in [0.1, 0.15) is 30.1 Å². The van der Waals surface area contributed by atoms with Crippen LogP contribution in [0.25, 0.3) is 0 Å². The third kappa shape index (κ3) is 4.40. The highest BCUT2D eigenvalue weighted by Crippen LogP contribution is 2.26. The summed E-state index contributed by atoms with van der Waals surface area (Å²) in [6, 6.07) is 6.98. The Kier molecular flexibility index (Phi) is 5.85. The minimum atomic E-state index is -0.370. The van der Waals surface area contributed by atoms with E-state index >= 15 is 0 Å². The first-order chi connectivity index (χ1) is 12.7. The Morgan fingerprint density at radius 3 is 3.00 bits per heavy atom. The Bertz CT molecular complexity index is 762. The van der Waals surface area contributed by atoms with Crippen molar-refractivity contribution in [1.29, 1.82) is 0 Å². The van der Waals surface area contributed by atoms with E-state index in [0.29, 0.717) is 41.7 Å². The molecule has 1 aliphatic rings. The molecule has 1 aliphatic heterocycles. The molecular weight excluding hydrogens is 334 g/mol. The summed E-state index contributed by atoms with van der Waals surface area (Å²) in [6.45, 7) is 3.55. The lowest BCUT2D eigenvalue weighted by Crippen LogP contribution is -2.20. The molecule has 3 rings (SSSR count). The fraction of sp³-hybridized carbons (Fsp3) is 0.389. The summed E-state index contributed by atoms with van der Waals surface area (Å²) < 4.78 is 10.6. The number of anilines is 4. The molecular formula is C18H23N5O3. The summed E-state index contributed by atoms with van der Waals surface area (Å²) in [6.07, 6.45) is 3.73. The van der Waals surface area contributed by atoms with Crippen LogP contribution in [0.2, 0.25) is 0 Å². The van der Waals surface area contributed by atoms with E-state index in [2.05, 4.69) is 20.6 Å². The number of carbonyl (C=O) groups excluding carboxylic acids is 1. The van der Waals surface area contributed by atoms with Crippen molar-refractivity contribution in [2.75, 3.05) is 36.1 Å². The first kappa shape index (κ1) is 17.9. The number of nitrogen functional groups attached to an aromatic ring is 1. The Morgan fingerprint density at radius 1 is 1.38 bits per heavy atom. The molecule has 0 bridgehead atoms. The molecule has 1 aromatic heterocycles. The van der Waals surface area contributed by atoms with Gasteiger partial charge in [-0.05, 0) is 38.0 Å². The highest BCUT2D eigenvalue weighted by Gasteiger charge is 2.16. The fourth-order valence-corrected chi connectivity index (χ4v) is 2.73. The molecule has 26 heavy (non-hydrogen) atoms. The van der Waals surface area contributed by atoms with Gasteiger partial charge in [-0.2, -0.15) is 0 Å². The lowest BCUT2D eigenvalue weighted by molar-refractivity contribution is 0.0526. The monoisotopic (exact) mass is 357 g/mol. The smallest absolute Gasteiger partial charge is 0.338 e. The number of rotatable bonds is 7. The number of nitrogens with zero attached hydrogens (tertiary/aromatic N) is 2. The summed E-state index contributed by atoms with van der Waals surface area (Å²) in [5.74, 6) is 0.654. The molecule has 0 aliphatic carbocycles. The van der Waals surface area contributed by atoms with Gasteiger partial charge in [-0.1, -0.05) is 6.07 Å². The standard InChI is InChI=1S/C18H23N5O3/c1-2-25-18(24)12-5-3-6-13(9-12)23-17-15(19)16(21-11-22-17)20-10-14-7-4-8-26-14/h3,5-6,9,11,14H,2,4,7-8,10,19H2,1H3,(H2,20,21,22,23). The van der Waals surface area contributed by atoms with Crippen molar-refractivity contribution in [2.45, 2.75) is 25.9 Å². The van der Waals surface area contributed by atoms with Crippen LogP contribution >= 0.6 is 0 Å². The van der Waals surface area contributed by atoms with Crippen LogP contribution < -0.4 is 16.4 Å². The highest BCUT2D eigenvalue weighted by atomic mass is 16.5. The van der Waals surface area contributed by atoms with Crippen LogP contribution in [0.4, 0.5) is 23.0 Å². The van der Waals surface area contributed by atoms with E-state index in [-0.39, 0.29) is 12.1 Å². The number of hydrogen-bond acceptors (Lipinski definition) is 8. The summed E-state index contributed by atoms with van der Waals surface area (Å²) in [4.78, 5) is 20.2. The Balaban J connectivity index is 1.70. The molecule has 1 unspecified atom stereocenters. The van der Waals surface area contributed by atoms with Gasteiger partial charge in [0.1, 0.15) is 12.0 Å². The predicted octanol–water partition coefficient (Wildman–Crippen LogP) is 2.57. The number of nitrogens with two attached hydrogens (primary N) is 1. The zero-order valence-electron chi connectivity index (χ0n) is 14.7. The second-order valence-corrected chi connectivity index (χ2v) is 5.93. The molecule has 0 spiro atoms. The third-order valence-corrected chi connectivity index (χ3v) is 4.04. The number of benzene rings is 1. The molecule has 2 aromatic rings. The zero-order chi connectivity index (χ0) is 18.4. The first-order valence-electron chi connectivity index (χ1n) is 8.67. The largest absolute Gasteiger partial charge is 0.462 e. The van der Waals surface area contributed by atoms with E-state index in [9.17, 15) is 4.79 Å². The summed E-state index contributed by atoms with van der Waals surface area (Å²) in [7, 11) is 0. The van der Waals surface area contributed by atoms with Crippen molar-refractivity contribution >= 4 is 29.0 Å². The number of hydrogen-bond donors (Lipinski definition) is 3. The Labute approximate surface area is 152 Å². The normalized spacial score (nSPS) is 16.3. The number of esters is 1. The first-order valence-corrected chi connectivity index (χ1v) is 8.67. The van der Waals surface area contributed by atoms with Crippen molar-refractivity contribution in [2.24, 2.45) is 0 Å². The van der Waals surface area contributed by atoms with Gasteiger partial charge in [0.25, 0.3) is 0 Å². The van der Waals surface area contributed by atoms with Crippen LogP contribution in [0.15, 0.2) is 30.6 Å². The maximum absolute atomic E-state index is 11.9. The van der Waals surface area contributed by atoms with Gasteiger partial charge >= 0.3 is 5.97 Å². The van der Waals surface area contributed by atoms with E-state index in [1.165, 1.54) is 6.33 Å². The molecule has 0 radical (unpaired) electrons. The zero-order valence-corrected chi connectivity index (χ0v) is 14.7. The van der Waals surface area contributed by atoms with Gasteiger partial charge in [0.2, 0.25) is 0 Å². The van der Waals surface area contributed by atoms with E-state index in [1.807, 2.05) is 6.07 Å². The predicted molar refractivity (Wildman–Crippen MR) is 99.6 cm³/mol.